The normalized spacial score (nSPS) is 28.8. The van der Waals surface area contributed by atoms with Crippen molar-refractivity contribution in [3.8, 4) is 0 Å². The molecule has 294 valence electrons. The molecule has 7 nitrogen and oxygen atoms in total. The number of rotatable bonds is 32. The second-order valence-electron chi connectivity index (χ2n) is 18.0. The van der Waals surface area contributed by atoms with E-state index in [1.54, 1.807) is 25.7 Å². The molecule has 0 amide bonds. The first-order valence-electron chi connectivity index (χ1n) is 21.8. The summed E-state index contributed by atoms with van der Waals surface area (Å²) in [4.78, 5) is 10.2. The standard InChI is InChI=1S/C42H80NO6P/c1-5-6-7-8-9-10-11-12-13-15-18-21-29-46-33-36(34-49-50(44,45)48-31-28-43(2,3)4)47-30-22-19-16-14-17-20-23-35-24-25-39-40(32-35)42-38-27-26-37(38)41(39)42/h35-42H,5-34H2,1-4H3/p+1/t35?,36-,37?,38?,39?,40?,41?,42?/m1/s1. The van der Waals surface area contributed by atoms with Gasteiger partial charge in [0.15, 0.2) is 0 Å². The number of likely N-dealkylation sites (N-methyl/N-ethyl adjacent to an activating group) is 1. The zero-order valence-electron chi connectivity index (χ0n) is 33.2. The molecule has 0 bridgehead atoms. The van der Waals surface area contributed by atoms with Crippen LogP contribution in [0.2, 0.25) is 0 Å². The Hall–Kier alpha value is -0.0100. The van der Waals surface area contributed by atoms with Gasteiger partial charge in [0.1, 0.15) is 19.3 Å². The Bertz CT molecular complexity index is 938. The summed E-state index contributed by atoms with van der Waals surface area (Å²) in [6, 6.07) is 0. The van der Waals surface area contributed by atoms with E-state index < -0.39 is 7.82 Å². The van der Waals surface area contributed by atoms with Crippen LogP contribution < -0.4 is 0 Å². The molecular formula is C42H81NO6P+. The molecule has 50 heavy (non-hydrogen) atoms. The van der Waals surface area contributed by atoms with Crippen molar-refractivity contribution >= 4 is 7.82 Å². The number of nitrogens with zero attached hydrogens (tertiary/aromatic N) is 1. The van der Waals surface area contributed by atoms with Crippen LogP contribution in [-0.4, -0.2) is 76.2 Å². The summed E-state index contributed by atoms with van der Waals surface area (Å²) in [5.74, 6) is 7.96. The van der Waals surface area contributed by atoms with E-state index >= 15 is 0 Å². The van der Waals surface area contributed by atoms with Crippen LogP contribution in [0.3, 0.4) is 0 Å². The maximum atomic E-state index is 12.5. The van der Waals surface area contributed by atoms with Gasteiger partial charge in [-0.05, 0) is 80.0 Å². The zero-order valence-corrected chi connectivity index (χ0v) is 34.1. The van der Waals surface area contributed by atoms with Crippen LogP contribution in [0, 0.1) is 41.4 Å². The number of ether oxygens (including phenoxy) is 2. The summed E-state index contributed by atoms with van der Waals surface area (Å²) < 4.78 is 35.9. The lowest BCUT2D eigenvalue weighted by atomic mass is 9.30. The number of hydrogen-bond donors (Lipinski definition) is 1. The third-order valence-electron chi connectivity index (χ3n) is 13.1. The van der Waals surface area contributed by atoms with Gasteiger partial charge in [-0.15, -0.1) is 0 Å². The van der Waals surface area contributed by atoms with Crippen molar-refractivity contribution in [2.24, 2.45) is 41.4 Å². The first kappa shape index (κ1) is 42.7. The molecule has 0 heterocycles. The minimum absolute atomic E-state index is 0.00199. The van der Waals surface area contributed by atoms with Gasteiger partial charge in [-0.25, -0.2) is 4.57 Å². The highest BCUT2D eigenvalue weighted by Crippen LogP contribution is 2.74. The molecule has 4 rings (SSSR count). The number of phosphoric acid groups is 1. The summed E-state index contributed by atoms with van der Waals surface area (Å²) >= 11 is 0. The summed E-state index contributed by atoms with van der Waals surface area (Å²) in [7, 11) is 1.94. The molecule has 8 unspecified atom stereocenters. The van der Waals surface area contributed by atoms with E-state index in [2.05, 4.69) is 6.92 Å². The smallest absolute Gasteiger partial charge is 0.379 e. The Balaban J connectivity index is 1.000. The first-order chi connectivity index (χ1) is 24.2. The van der Waals surface area contributed by atoms with E-state index in [1.807, 2.05) is 21.1 Å². The second kappa shape index (κ2) is 23.0. The van der Waals surface area contributed by atoms with Gasteiger partial charge in [0, 0.05) is 13.2 Å². The Labute approximate surface area is 308 Å². The highest BCUT2D eigenvalue weighted by molar-refractivity contribution is 7.47. The third kappa shape index (κ3) is 15.0. The SMILES string of the molecule is CCCCCCCCCCCCCCOC[C@H](COP(=O)(O)OCC[N+](C)(C)C)OCCCCCCCCC1CCC2C(C1)C1C3CCC3C21. The van der Waals surface area contributed by atoms with Gasteiger partial charge in [0.05, 0.1) is 34.4 Å². The van der Waals surface area contributed by atoms with E-state index in [0.717, 1.165) is 36.5 Å². The Kier molecular flexibility index (Phi) is 19.7. The predicted octanol–water partition coefficient (Wildman–Crippen LogP) is 11.0. The van der Waals surface area contributed by atoms with Gasteiger partial charge < -0.3 is 18.9 Å². The summed E-state index contributed by atoms with van der Waals surface area (Å²) in [6.45, 7) is 4.77. The molecule has 0 aromatic carbocycles. The fraction of sp³-hybridized carbons (Fsp3) is 1.00. The van der Waals surface area contributed by atoms with E-state index in [1.165, 1.54) is 133 Å². The fourth-order valence-corrected chi connectivity index (χ4v) is 10.8. The van der Waals surface area contributed by atoms with Crippen LogP contribution in [0.5, 0.6) is 0 Å². The van der Waals surface area contributed by atoms with Crippen LogP contribution in [0.4, 0.5) is 0 Å². The minimum atomic E-state index is -4.13. The summed E-state index contributed by atoms with van der Waals surface area (Å²) in [5.41, 5.74) is 0. The lowest BCUT2D eigenvalue weighted by Crippen LogP contribution is -2.69. The predicted molar refractivity (Wildman–Crippen MR) is 206 cm³/mol. The van der Waals surface area contributed by atoms with Crippen molar-refractivity contribution in [1.82, 2.24) is 0 Å². The van der Waals surface area contributed by atoms with Crippen molar-refractivity contribution in [2.75, 3.05) is 60.7 Å². The molecule has 9 atom stereocenters. The molecule has 0 saturated heterocycles. The van der Waals surface area contributed by atoms with E-state index in [4.69, 9.17) is 18.5 Å². The molecule has 8 heteroatoms. The van der Waals surface area contributed by atoms with Crippen molar-refractivity contribution in [1.29, 1.82) is 0 Å². The second-order valence-corrected chi connectivity index (χ2v) is 19.5. The van der Waals surface area contributed by atoms with Crippen LogP contribution in [0.25, 0.3) is 0 Å². The number of phosphoric ester groups is 1. The maximum Gasteiger partial charge on any atom is 0.472 e. The molecule has 0 aliphatic heterocycles. The quantitative estimate of drug-likeness (QED) is 0.0423. The molecule has 4 saturated carbocycles. The third-order valence-corrected chi connectivity index (χ3v) is 14.1. The van der Waals surface area contributed by atoms with Crippen molar-refractivity contribution < 1.29 is 32.5 Å². The summed E-state index contributed by atoms with van der Waals surface area (Å²) in [6.07, 6.45) is 32.2. The first-order valence-corrected chi connectivity index (χ1v) is 23.3. The van der Waals surface area contributed by atoms with Gasteiger partial charge in [-0.3, -0.25) is 9.05 Å². The Morgan fingerprint density at radius 3 is 1.74 bits per heavy atom. The van der Waals surface area contributed by atoms with Gasteiger partial charge in [0.25, 0.3) is 0 Å². The molecule has 1 N–H and O–H groups in total. The Morgan fingerprint density at radius 2 is 1.14 bits per heavy atom. The molecule has 0 radical (unpaired) electrons. The fourth-order valence-electron chi connectivity index (χ4n) is 10.0. The van der Waals surface area contributed by atoms with E-state index in [0.29, 0.717) is 30.8 Å². The lowest BCUT2D eigenvalue weighted by Gasteiger charge is -2.74. The van der Waals surface area contributed by atoms with Crippen molar-refractivity contribution in [2.45, 2.75) is 167 Å². The van der Waals surface area contributed by atoms with E-state index in [-0.39, 0.29) is 19.3 Å². The highest BCUT2D eigenvalue weighted by Gasteiger charge is 2.68. The number of quaternary nitrogens is 1. The topological polar surface area (TPSA) is 74.2 Å². The number of unbranched alkanes of at least 4 members (excludes halogenated alkanes) is 16. The molecular weight excluding hydrogens is 645 g/mol. The van der Waals surface area contributed by atoms with Crippen LogP contribution in [0.1, 0.15) is 161 Å². The largest absolute Gasteiger partial charge is 0.472 e. The van der Waals surface area contributed by atoms with Crippen LogP contribution >= 0.6 is 7.82 Å². The van der Waals surface area contributed by atoms with Gasteiger partial charge in [-0.1, -0.05) is 122 Å². The maximum absolute atomic E-state index is 12.5. The van der Waals surface area contributed by atoms with Gasteiger partial charge in [0.2, 0.25) is 0 Å². The number of hydrogen-bond acceptors (Lipinski definition) is 5. The average Bonchev–Trinajstić information content (AvgIpc) is 3.06. The van der Waals surface area contributed by atoms with Crippen molar-refractivity contribution in [3.05, 3.63) is 0 Å². The molecule has 0 aromatic heterocycles. The molecule has 0 aromatic rings. The minimum Gasteiger partial charge on any atom is -0.379 e. The lowest BCUT2D eigenvalue weighted by molar-refractivity contribution is -0.870. The molecule has 4 aliphatic carbocycles. The average molecular weight is 727 g/mol. The van der Waals surface area contributed by atoms with Crippen LogP contribution in [-0.2, 0) is 23.1 Å². The monoisotopic (exact) mass is 727 g/mol. The van der Waals surface area contributed by atoms with Crippen molar-refractivity contribution in [3.63, 3.8) is 0 Å². The molecule has 4 aliphatic rings. The van der Waals surface area contributed by atoms with Gasteiger partial charge in [-0.2, -0.15) is 0 Å². The van der Waals surface area contributed by atoms with Gasteiger partial charge >= 0.3 is 7.82 Å². The summed E-state index contributed by atoms with van der Waals surface area (Å²) in [5, 5.41) is 0. The van der Waals surface area contributed by atoms with Crippen LogP contribution in [0.15, 0.2) is 0 Å². The Morgan fingerprint density at radius 1 is 0.620 bits per heavy atom. The molecule has 4 fully saturated rings. The van der Waals surface area contributed by atoms with E-state index in [9.17, 15) is 9.46 Å². The highest BCUT2D eigenvalue weighted by atomic mass is 31.2. The zero-order chi connectivity index (χ0) is 35.7. The number of fused-ring (bicyclic) bond motifs is 7. The molecule has 0 spiro atoms.